The first-order valence-electron chi connectivity index (χ1n) is 5.06. The van der Waals surface area contributed by atoms with E-state index in [9.17, 15) is 18.4 Å². The van der Waals surface area contributed by atoms with Crippen molar-refractivity contribution < 1.29 is 23.5 Å². The average Bonchev–Trinajstić information content (AvgIpc) is 2.75. The molecule has 1 saturated heterocycles. The fourth-order valence-corrected chi connectivity index (χ4v) is 2.84. The number of rotatable bonds is 2. The van der Waals surface area contributed by atoms with Gasteiger partial charge in [0.15, 0.2) is 0 Å². The number of carboxylic acids is 1. The lowest BCUT2D eigenvalue weighted by molar-refractivity contribution is -0.140. The number of carbonyl (C=O) groups excluding carboxylic acids is 1. The van der Waals surface area contributed by atoms with Gasteiger partial charge in [-0.25, -0.2) is 13.6 Å². The molecule has 1 amide bonds. The summed E-state index contributed by atoms with van der Waals surface area (Å²) < 4.78 is 26.0. The second-order valence-corrected chi connectivity index (χ2v) is 4.79. The Morgan fingerprint density at radius 2 is 1.89 bits per heavy atom. The SMILES string of the molecule is O=C(O)C1CSCN1C(=O)c1cc(F)cc(F)c1. The molecule has 0 radical (unpaired) electrons. The Hall–Kier alpha value is -1.63. The maximum atomic E-state index is 13.0. The molecule has 18 heavy (non-hydrogen) atoms. The summed E-state index contributed by atoms with van der Waals surface area (Å²) in [6, 6.07) is 1.50. The third-order valence-corrected chi connectivity index (χ3v) is 3.55. The summed E-state index contributed by atoms with van der Waals surface area (Å²) in [6.45, 7) is 0. The Labute approximate surface area is 106 Å². The molecule has 0 saturated carbocycles. The van der Waals surface area contributed by atoms with Crippen molar-refractivity contribution in [3.8, 4) is 0 Å². The molecular formula is C11H9F2NO3S. The van der Waals surface area contributed by atoms with Gasteiger partial charge < -0.3 is 10.0 Å². The van der Waals surface area contributed by atoms with Crippen LogP contribution in [0.4, 0.5) is 8.78 Å². The van der Waals surface area contributed by atoms with Crippen molar-refractivity contribution in [3.63, 3.8) is 0 Å². The zero-order chi connectivity index (χ0) is 13.3. The normalized spacial score (nSPS) is 19.0. The highest BCUT2D eigenvalue weighted by Gasteiger charge is 2.35. The molecule has 96 valence electrons. The van der Waals surface area contributed by atoms with Crippen molar-refractivity contribution in [2.45, 2.75) is 6.04 Å². The van der Waals surface area contributed by atoms with Gasteiger partial charge in [-0.3, -0.25) is 4.79 Å². The molecule has 0 aromatic heterocycles. The predicted octanol–water partition coefficient (Wildman–Crippen LogP) is 1.56. The van der Waals surface area contributed by atoms with Gasteiger partial charge in [0.1, 0.15) is 17.7 Å². The topological polar surface area (TPSA) is 57.6 Å². The molecule has 0 spiro atoms. The van der Waals surface area contributed by atoms with Crippen LogP contribution in [-0.4, -0.2) is 39.6 Å². The molecule has 1 aliphatic rings. The van der Waals surface area contributed by atoms with Crippen LogP contribution in [0.1, 0.15) is 10.4 Å². The van der Waals surface area contributed by atoms with Crippen LogP contribution in [0.3, 0.4) is 0 Å². The van der Waals surface area contributed by atoms with Crippen LogP contribution in [0.25, 0.3) is 0 Å². The lowest BCUT2D eigenvalue weighted by Crippen LogP contribution is -2.41. The highest BCUT2D eigenvalue weighted by molar-refractivity contribution is 7.99. The van der Waals surface area contributed by atoms with Gasteiger partial charge in [-0.05, 0) is 12.1 Å². The third-order valence-electron chi connectivity index (χ3n) is 2.54. The number of thioether (sulfide) groups is 1. The molecule has 2 rings (SSSR count). The first-order chi connectivity index (χ1) is 8.49. The van der Waals surface area contributed by atoms with Gasteiger partial charge in [0.2, 0.25) is 0 Å². The Morgan fingerprint density at radius 1 is 1.28 bits per heavy atom. The van der Waals surface area contributed by atoms with Crippen LogP contribution in [0.5, 0.6) is 0 Å². The van der Waals surface area contributed by atoms with Crippen LogP contribution < -0.4 is 0 Å². The van der Waals surface area contributed by atoms with E-state index in [-0.39, 0.29) is 17.2 Å². The number of aliphatic carboxylic acids is 1. The van der Waals surface area contributed by atoms with Crippen LogP contribution in [0, 0.1) is 11.6 Å². The van der Waals surface area contributed by atoms with Gasteiger partial charge >= 0.3 is 5.97 Å². The standard InChI is InChI=1S/C11H9F2NO3S/c12-7-1-6(2-8(13)3-7)10(15)14-5-18-4-9(14)11(16)17/h1-3,9H,4-5H2,(H,16,17). The van der Waals surface area contributed by atoms with E-state index in [0.29, 0.717) is 6.07 Å². The summed E-state index contributed by atoms with van der Waals surface area (Å²) in [5.74, 6) is -3.04. The maximum absolute atomic E-state index is 13.0. The molecule has 1 unspecified atom stereocenters. The van der Waals surface area contributed by atoms with E-state index in [4.69, 9.17) is 5.11 Å². The molecule has 1 heterocycles. The van der Waals surface area contributed by atoms with E-state index in [2.05, 4.69) is 0 Å². The summed E-state index contributed by atoms with van der Waals surface area (Å²) >= 11 is 1.29. The van der Waals surface area contributed by atoms with Gasteiger partial charge in [0, 0.05) is 17.4 Å². The minimum absolute atomic E-state index is 0.179. The zero-order valence-corrected chi connectivity index (χ0v) is 9.92. The number of hydrogen-bond acceptors (Lipinski definition) is 3. The van der Waals surface area contributed by atoms with Crippen molar-refractivity contribution in [2.75, 3.05) is 11.6 Å². The molecule has 0 bridgehead atoms. The molecule has 0 aliphatic carbocycles. The van der Waals surface area contributed by atoms with Crippen molar-refractivity contribution >= 4 is 23.6 Å². The molecule has 1 aromatic rings. The minimum Gasteiger partial charge on any atom is -0.480 e. The van der Waals surface area contributed by atoms with Gasteiger partial charge in [-0.2, -0.15) is 0 Å². The highest BCUT2D eigenvalue weighted by atomic mass is 32.2. The van der Waals surface area contributed by atoms with Crippen molar-refractivity contribution in [2.24, 2.45) is 0 Å². The van der Waals surface area contributed by atoms with E-state index in [1.807, 2.05) is 0 Å². The largest absolute Gasteiger partial charge is 0.480 e. The lowest BCUT2D eigenvalue weighted by Gasteiger charge is -2.20. The Bertz CT molecular complexity index is 489. The number of halogens is 2. The molecule has 1 N–H and O–H groups in total. The predicted molar refractivity (Wildman–Crippen MR) is 61.3 cm³/mol. The molecule has 7 heteroatoms. The van der Waals surface area contributed by atoms with Gasteiger partial charge in [-0.15, -0.1) is 11.8 Å². The number of hydrogen-bond donors (Lipinski definition) is 1. The third kappa shape index (κ3) is 2.45. The van der Waals surface area contributed by atoms with E-state index in [1.165, 1.54) is 11.8 Å². The zero-order valence-electron chi connectivity index (χ0n) is 9.10. The summed E-state index contributed by atoms with van der Waals surface area (Å²) in [5.41, 5.74) is -0.179. The summed E-state index contributed by atoms with van der Waals surface area (Å²) in [7, 11) is 0. The average molecular weight is 273 g/mol. The van der Waals surface area contributed by atoms with Crippen LogP contribution in [-0.2, 0) is 4.79 Å². The van der Waals surface area contributed by atoms with Crippen LogP contribution in [0.15, 0.2) is 18.2 Å². The number of amides is 1. The lowest BCUT2D eigenvalue weighted by atomic mass is 10.1. The maximum Gasteiger partial charge on any atom is 0.327 e. The van der Waals surface area contributed by atoms with E-state index in [0.717, 1.165) is 17.0 Å². The van der Waals surface area contributed by atoms with Crippen molar-refractivity contribution in [1.82, 2.24) is 4.90 Å². The monoisotopic (exact) mass is 273 g/mol. The second kappa shape index (κ2) is 4.93. The minimum atomic E-state index is -1.12. The molecular weight excluding hydrogens is 264 g/mol. The quantitative estimate of drug-likeness (QED) is 0.888. The Morgan fingerprint density at radius 3 is 2.44 bits per heavy atom. The van der Waals surface area contributed by atoms with Gasteiger partial charge in [0.25, 0.3) is 5.91 Å². The molecule has 4 nitrogen and oxygen atoms in total. The van der Waals surface area contributed by atoms with E-state index >= 15 is 0 Å². The number of carbonyl (C=O) groups is 2. The number of carboxylic acid groups (broad SMARTS) is 1. The van der Waals surface area contributed by atoms with Crippen LogP contribution >= 0.6 is 11.8 Å². The summed E-state index contributed by atoms with van der Waals surface area (Å²) in [4.78, 5) is 24.0. The molecule has 1 aromatic carbocycles. The smallest absolute Gasteiger partial charge is 0.327 e. The van der Waals surface area contributed by atoms with Crippen molar-refractivity contribution in [1.29, 1.82) is 0 Å². The van der Waals surface area contributed by atoms with Gasteiger partial charge in [-0.1, -0.05) is 0 Å². The van der Waals surface area contributed by atoms with E-state index in [1.54, 1.807) is 0 Å². The van der Waals surface area contributed by atoms with Crippen LogP contribution in [0.2, 0.25) is 0 Å². The highest BCUT2D eigenvalue weighted by Crippen LogP contribution is 2.23. The molecule has 1 fully saturated rings. The Kier molecular flexibility index (Phi) is 3.51. The van der Waals surface area contributed by atoms with Gasteiger partial charge in [0.05, 0.1) is 5.88 Å². The first-order valence-corrected chi connectivity index (χ1v) is 6.22. The second-order valence-electron chi connectivity index (χ2n) is 3.79. The molecule has 1 atom stereocenters. The number of nitrogens with zero attached hydrogens (tertiary/aromatic N) is 1. The fraction of sp³-hybridized carbons (Fsp3) is 0.273. The Balaban J connectivity index is 2.28. The first kappa shape index (κ1) is 12.8. The van der Waals surface area contributed by atoms with Crippen molar-refractivity contribution in [3.05, 3.63) is 35.4 Å². The number of benzene rings is 1. The molecule has 1 aliphatic heterocycles. The fourth-order valence-electron chi connectivity index (χ4n) is 1.69. The summed E-state index contributed by atoms with van der Waals surface area (Å²) in [5, 5.41) is 8.93. The summed E-state index contributed by atoms with van der Waals surface area (Å²) in [6.07, 6.45) is 0. The van der Waals surface area contributed by atoms with E-state index < -0.39 is 29.6 Å².